The minimum atomic E-state index is -0.483. The van der Waals surface area contributed by atoms with Gasteiger partial charge in [-0.3, -0.25) is 9.09 Å². The molecule has 0 spiro atoms. The standard InChI is InChI=1S/C8H6BrN3O2/c1-12-7(11-14-8(12)13)5-2-3-6(9)10-4-5/h2-4H,1H3. The van der Waals surface area contributed by atoms with Crippen LogP contribution in [0.3, 0.4) is 0 Å². The van der Waals surface area contributed by atoms with E-state index < -0.39 is 5.76 Å². The Morgan fingerprint density at radius 2 is 2.29 bits per heavy atom. The maximum atomic E-state index is 11.0. The fraction of sp³-hybridized carbons (Fsp3) is 0.125. The second-order valence-corrected chi connectivity index (χ2v) is 3.51. The summed E-state index contributed by atoms with van der Waals surface area (Å²) in [4.78, 5) is 15.0. The molecule has 0 aliphatic rings. The van der Waals surface area contributed by atoms with Crippen LogP contribution < -0.4 is 5.76 Å². The van der Waals surface area contributed by atoms with E-state index in [1.54, 1.807) is 25.4 Å². The highest BCUT2D eigenvalue weighted by atomic mass is 79.9. The van der Waals surface area contributed by atoms with Gasteiger partial charge in [-0.15, -0.1) is 0 Å². The minimum Gasteiger partial charge on any atom is -0.295 e. The van der Waals surface area contributed by atoms with Crippen molar-refractivity contribution >= 4 is 15.9 Å². The molecule has 0 amide bonds. The maximum Gasteiger partial charge on any atom is 0.441 e. The van der Waals surface area contributed by atoms with Gasteiger partial charge in [0, 0.05) is 18.8 Å². The Hall–Kier alpha value is -1.43. The molecule has 0 unspecified atom stereocenters. The van der Waals surface area contributed by atoms with Gasteiger partial charge in [0.2, 0.25) is 0 Å². The molecule has 0 bridgehead atoms. The molecular formula is C8H6BrN3O2. The zero-order valence-electron chi connectivity index (χ0n) is 7.27. The van der Waals surface area contributed by atoms with E-state index in [2.05, 4.69) is 30.6 Å². The van der Waals surface area contributed by atoms with Gasteiger partial charge in [-0.2, -0.15) is 0 Å². The van der Waals surface area contributed by atoms with Gasteiger partial charge in [-0.1, -0.05) is 5.16 Å². The third kappa shape index (κ3) is 1.48. The molecule has 0 saturated heterocycles. The summed E-state index contributed by atoms with van der Waals surface area (Å²) in [5.41, 5.74) is 0.738. The highest BCUT2D eigenvalue weighted by molar-refractivity contribution is 9.10. The first-order valence-electron chi connectivity index (χ1n) is 3.83. The largest absolute Gasteiger partial charge is 0.441 e. The second-order valence-electron chi connectivity index (χ2n) is 2.70. The Morgan fingerprint density at radius 1 is 1.50 bits per heavy atom. The smallest absolute Gasteiger partial charge is 0.295 e. The molecule has 14 heavy (non-hydrogen) atoms. The molecule has 5 nitrogen and oxygen atoms in total. The van der Waals surface area contributed by atoms with E-state index in [0.29, 0.717) is 5.82 Å². The first-order valence-corrected chi connectivity index (χ1v) is 4.62. The Kier molecular flexibility index (Phi) is 2.20. The van der Waals surface area contributed by atoms with Crippen LogP contribution in [0.1, 0.15) is 0 Å². The Bertz CT molecular complexity index is 500. The second kappa shape index (κ2) is 3.38. The van der Waals surface area contributed by atoms with E-state index in [9.17, 15) is 4.79 Å². The molecule has 0 N–H and O–H groups in total. The van der Waals surface area contributed by atoms with Crippen molar-refractivity contribution in [2.24, 2.45) is 7.05 Å². The van der Waals surface area contributed by atoms with Crippen LogP contribution in [0.4, 0.5) is 0 Å². The molecule has 72 valence electrons. The zero-order chi connectivity index (χ0) is 10.1. The zero-order valence-corrected chi connectivity index (χ0v) is 8.85. The normalized spacial score (nSPS) is 10.4. The van der Waals surface area contributed by atoms with Crippen LogP contribution >= 0.6 is 15.9 Å². The Balaban J connectivity index is 2.55. The van der Waals surface area contributed by atoms with Gasteiger partial charge in [-0.25, -0.2) is 9.78 Å². The third-order valence-corrected chi connectivity index (χ3v) is 2.26. The van der Waals surface area contributed by atoms with Crippen LogP contribution in [-0.2, 0) is 7.05 Å². The van der Waals surface area contributed by atoms with Crippen molar-refractivity contribution < 1.29 is 4.52 Å². The highest BCUT2D eigenvalue weighted by Gasteiger charge is 2.08. The first kappa shape index (κ1) is 9.14. The van der Waals surface area contributed by atoms with Gasteiger partial charge in [0.05, 0.1) is 0 Å². The molecule has 0 saturated carbocycles. The fourth-order valence-corrected chi connectivity index (χ4v) is 1.28. The van der Waals surface area contributed by atoms with E-state index >= 15 is 0 Å². The van der Waals surface area contributed by atoms with E-state index in [1.807, 2.05) is 0 Å². The van der Waals surface area contributed by atoms with Crippen LogP contribution in [0.25, 0.3) is 11.4 Å². The van der Waals surface area contributed by atoms with Gasteiger partial charge < -0.3 is 0 Å². The van der Waals surface area contributed by atoms with Gasteiger partial charge in [0.15, 0.2) is 5.82 Å². The summed E-state index contributed by atoms with van der Waals surface area (Å²) in [6.45, 7) is 0. The summed E-state index contributed by atoms with van der Waals surface area (Å²) >= 11 is 3.22. The number of hydrogen-bond donors (Lipinski definition) is 0. The number of pyridine rings is 1. The monoisotopic (exact) mass is 255 g/mol. The Labute approximate surface area is 87.5 Å². The van der Waals surface area contributed by atoms with Crippen LogP contribution in [0.15, 0.2) is 32.3 Å². The molecular weight excluding hydrogens is 250 g/mol. The van der Waals surface area contributed by atoms with Crippen molar-refractivity contribution in [1.82, 2.24) is 14.7 Å². The molecule has 0 fully saturated rings. The molecule has 0 aliphatic carbocycles. The molecule has 2 rings (SSSR count). The molecule has 2 aromatic heterocycles. The molecule has 0 atom stereocenters. The number of hydrogen-bond acceptors (Lipinski definition) is 4. The average Bonchev–Trinajstić information content (AvgIpc) is 2.50. The summed E-state index contributed by atoms with van der Waals surface area (Å²) in [6.07, 6.45) is 1.61. The minimum absolute atomic E-state index is 0.468. The van der Waals surface area contributed by atoms with Crippen molar-refractivity contribution in [3.05, 3.63) is 33.5 Å². The quantitative estimate of drug-likeness (QED) is 0.719. The number of nitrogens with zero attached hydrogens (tertiary/aromatic N) is 3. The highest BCUT2D eigenvalue weighted by Crippen LogP contribution is 2.15. The van der Waals surface area contributed by atoms with Crippen molar-refractivity contribution in [2.45, 2.75) is 0 Å². The predicted molar refractivity (Wildman–Crippen MR) is 52.7 cm³/mol. The summed E-state index contributed by atoms with van der Waals surface area (Å²) < 4.78 is 6.55. The van der Waals surface area contributed by atoms with Crippen LogP contribution in [0.5, 0.6) is 0 Å². The number of halogens is 1. The van der Waals surface area contributed by atoms with Crippen LogP contribution in [0.2, 0.25) is 0 Å². The molecule has 0 aromatic carbocycles. The molecule has 6 heteroatoms. The summed E-state index contributed by atoms with van der Waals surface area (Å²) in [5, 5.41) is 3.64. The summed E-state index contributed by atoms with van der Waals surface area (Å²) in [6, 6.07) is 3.57. The van der Waals surface area contributed by atoms with Crippen molar-refractivity contribution in [1.29, 1.82) is 0 Å². The third-order valence-electron chi connectivity index (χ3n) is 1.79. The summed E-state index contributed by atoms with van der Waals surface area (Å²) in [7, 11) is 1.59. The van der Waals surface area contributed by atoms with Gasteiger partial charge in [-0.05, 0) is 28.1 Å². The van der Waals surface area contributed by atoms with Crippen LogP contribution in [0, 0.1) is 0 Å². The number of aromatic nitrogens is 3. The fourth-order valence-electron chi connectivity index (χ4n) is 1.05. The van der Waals surface area contributed by atoms with Crippen LogP contribution in [-0.4, -0.2) is 14.7 Å². The lowest BCUT2D eigenvalue weighted by Crippen LogP contribution is -2.10. The predicted octanol–water partition coefficient (Wildman–Crippen LogP) is 1.20. The van der Waals surface area contributed by atoms with E-state index in [4.69, 9.17) is 0 Å². The average molecular weight is 256 g/mol. The lowest BCUT2D eigenvalue weighted by molar-refractivity contribution is 0.380. The van der Waals surface area contributed by atoms with E-state index in [1.165, 1.54) is 4.57 Å². The maximum absolute atomic E-state index is 11.0. The SMILES string of the molecule is Cn1c(-c2ccc(Br)nc2)noc1=O. The number of rotatable bonds is 1. The molecule has 2 heterocycles. The first-order chi connectivity index (χ1) is 6.68. The topological polar surface area (TPSA) is 60.9 Å². The molecule has 0 aliphatic heterocycles. The Morgan fingerprint density at radius 3 is 2.79 bits per heavy atom. The summed E-state index contributed by atoms with van der Waals surface area (Å²) in [5.74, 6) is -0.0158. The van der Waals surface area contributed by atoms with Gasteiger partial charge >= 0.3 is 5.76 Å². The lowest BCUT2D eigenvalue weighted by atomic mass is 10.3. The van der Waals surface area contributed by atoms with Gasteiger partial charge in [0.1, 0.15) is 4.60 Å². The van der Waals surface area contributed by atoms with E-state index in [-0.39, 0.29) is 0 Å². The van der Waals surface area contributed by atoms with Crippen molar-refractivity contribution in [2.75, 3.05) is 0 Å². The van der Waals surface area contributed by atoms with Crippen molar-refractivity contribution in [3.8, 4) is 11.4 Å². The van der Waals surface area contributed by atoms with E-state index in [0.717, 1.165) is 10.2 Å². The lowest BCUT2D eigenvalue weighted by Gasteiger charge is -1.96. The van der Waals surface area contributed by atoms with Crippen molar-refractivity contribution in [3.63, 3.8) is 0 Å². The molecule has 0 radical (unpaired) electrons. The molecule has 2 aromatic rings. The van der Waals surface area contributed by atoms with Gasteiger partial charge in [0.25, 0.3) is 0 Å².